The quantitative estimate of drug-likeness (QED) is 0.482. The van der Waals surface area contributed by atoms with Gasteiger partial charge in [-0.15, -0.1) is 0 Å². The van der Waals surface area contributed by atoms with E-state index in [0.717, 1.165) is 22.5 Å². The first-order chi connectivity index (χ1) is 16.8. The number of nitriles is 1. The molecule has 0 saturated heterocycles. The van der Waals surface area contributed by atoms with Gasteiger partial charge >= 0.3 is 5.63 Å². The Morgan fingerprint density at radius 3 is 2.17 bits per heavy atom. The highest BCUT2D eigenvalue weighted by Gasteiger charge is 2.36. The molecule has 0 bridgehead atoms. The van der Waals surface area contributed by atoms with E-state index in [1.54, 1.807) is 6.08 Å². The highest BCUT2D eigenvalue weighted by Crippen LogP contribution is 2.38. The second kappa shape index (κ2) is 8.25. The van der Waals surface area contributed by atoms with E-state index in [1.807, 2.05) is 86.5 Å². The van der Waals surface area contributed by atoms with Gasteiger partial charge in [0.05, 0.1) is 5.92 Å². The Morgan fingerprint density at radius 1 is 1.00 bits per heavy atom. The lowest BCUT2D eigenvalue weighted by atomic mass is 9.87. The number of anilines is 3. The van der Waals surface area contributed by atoms with E-state index in [9.17, 15) is 10.1 Å². The first-order valence-corrected chi connectivity index (χ1v) is 11.0. The van der Waals surface area contributed by atoms with Gasteiger partial charge in [0.1, 0.15) is 22.7 Å². The minimum Gasteiger partial charge on any atom is -0.406 e. The number of nitrogens with zero attached hydrogens (tertiary/aromatic N) is 5. The van der Waals surface area contributed by atoms with E-state index < -0.39 is 11.5 Å². The maximum Gasteiger partial charge on any atom is 0.362 e. The van der Waals surface area contributed by atoms with E-state index in [-0.39, 0.29) is 28.4 Å². The lowest BCUT2D eigenvalue weighted by Crippen LogP contribution is -2.35. The molecule has 2 aromatic carbocycles. The van der Waals surface area contributed by atoms with Crippen LogP contribution in [0.1, 0.15) is 22.7 Å². The van der Waals surface area contributed by atoms with Crippen LogP contribution in [0.25, 0.3) is 17.5 Å². The number of fused-ring (bicyclic) bond motifs is 3. The Morgan fingerprint density at radius 2 is 1.60 bits per heavy atom. The van der Waals surface area contributed by atoms with Crippen LogP contribution in [0.4, 0.5) is 17.4 Å². The molecule has 0 saturated carbocycles. The van der Waals surface area contributed by atoms with E-state index >= 15 is 0 Å². The smallest absolute Gasteiger partial charge is 0.362 e. The number of benzene rings is 2. The summed E-state index contributed by atoms with van der Waals surface area (Å²) >= 11 is 0. The first kappa shape index (κ1) is 22.1. The maximum atomic E-state index is 13.0. The Hall–Kier alpha value is -4.71. The molecule has 176 valence electrons. The summed E-state index contributed by atoms with van der Waals surface area (Å²) < 4.78 is 12.9. The fourth-order valence-corrected chi connectivity index (χ4v) is 4.26. The predicted molar refractivity (Wildman–Crippen MR) is 134 cm³/mol. The summed E-state index contributed by atoms with van der Waals surface area (Å²) in [7, 11) is 7.81. The van der Waals surface area contributed by atoms with Crippen LogP contribution in [0.3, 0.4) is 0 Å². The van der Waals surface area contributed by atoms with Gasteiger partial charge in [0.15, 0.2) is 0 Å². The Kier molecular flexibility index (Phi) is 5.21. The molecule has 0 radical (unpaired) electrons. The summed E-state index contributed by atoms with van der Waals surface area (Å²) in [6.45, 7) is 0. The third-order valence-corrected chi connectivity index (χ3v) is 6.07. The third-order valence-electron chi connectivity index (χ3n) is 6.07. The number of hydrogen-bond donors (Lipinski definition) is 1. The summed E-state index contributed by atoms with van der Waals surface area (Å²) in [4.78, 5) is 21.3. The molecule has 0 fully saturated rings. The molecule has 9 heteroatoms. The van der Waals surface area contributed by atoms with Crippen molar-refractivity contribution in [2.24, 2.45) is 0 Å². The molecule has 0 amide bonds. The summed E-state index contributed by atoms with van der Waals surface area (Å²) in [6, 6.07) is 17.6. The molecule has 0 aliphatic carbocycles. The molecular weight excluding hydrogens is 444 g/mol. The van der Waals surface area contributed by atoms with Gasteiger partial charge < -0.3 is 24.4 Å². The zero-order valence-electron chi connectivity index (χ0n) is 19.8. The molecule has 2 N–H and O–H groups in total. The van der Waals surface area contributed by atoms with Crippen LogP contribution >= 0.6 is 0 Å². The summed E-state index contributed by atoms with van der Waals surface area (Å²) in [6.07, 6.45) is 1.69. The highest BCUT2D eigenvalue weighted by molar-refractivity contribution is 5.73. The van der Waals surface area contributed by atoms with Gasteiger partial charge in [-0.3, -0.25) is 0 Å². The number of aromatic nitrogens is 2. The first-order valence-electron chi connectivity index (χ1n) is 11.0. The molecule has 1 aliphatic rings. The normalized spacial score (nSPS) is 14.9. The van der Waals surface area contributed by atoms with E-state index in [4.69, 9.17) is 14.6 Å². The van der Waals surface area contributed by atoms with Gasteiger partial charge in [-0.05, 0) is 41.5 Å². The van der Waals surface area contributed by atoms with E-state index in [1.165, 1.54) is 4.57 Å². The second-order valence-corrected chi connectivity index (χ2v) is 8.73. The van der Waals surface area contributed by atoms with Crippen LogP contribution in [-0.4, -0.2) is 37.7 Å². The minimum absolute atomic E-state index is 0.0579. The largest absolute Gasteiger partial charge is 0.406 e. The molecule has 3 heterocycles. The van der Waals surface area contributed by atoms with Gasteiger partial charge in [-0.1, -0.05) is 24.3 Å². The maximum absolute atomic E-state index is 13.0. The van der Waals surface area contributed by atoms with E-state index in [2.05, 4.69) is 11.1 Å². The molecule has 35 heavy (non-hydrogen) atoms. The molecule has 0 unspecified atom stereocenters. The lowest BCUT2D eigenvalue weighted by Gasteiger charge is -2.20. The average molecular weight is 469 g/mol. The molecule has 9 nitrogen and oxygen atoms in total. The van der Waals surface area contributed by atoms with Crippen LogP contribution in [0.5, 0.6) is 0 Å². The molecule has 0 spiro atoms. The second-order valence-electron chi connectivity index (χ2n) is 8.73. The predicted octanol–water partition coefficient (Wildman–Crippen LogP) is 1.78. The highest BCUT2D eigenvalue weighted by atomic mass is 16.4. The van der Waals surface area contributed by atoms with E-state index in [0.29, 0.717) is 5.69 Å². The Balaban J connectivity index is 1.76. The molecule has 4 aromatic rings. The molecule has 1 aliphatic heterocycles. The summed E-state index contributed by atoms with van der Waals surface area (Å²) in [5.74, 6) is -0.328. The van der Waals surface area contributed by atoms with Crippen molar-refractivity contribution in [3.05, 3.63) is 86.7 Å². The molecule has 1 atom stereocenters. The van der Waals surface area contributed by atoms with Gasteiger partial charge in [-0.25, -0.2) is 9.36 Å². The van der Waals surface area contributed by atoms with Crippen LogP contribution < -0.4 is 32.1 Å². The number of nitrogen functional groups attached to an aromatic ring is 1. The van der Waals surface area contributed by atoms with Gasteiger partial charge in [-0.2, -0.15) is 10.2 Å². The number of hydrogen-bond acceptors (Lipinski definition) is 8. The number of rotatable bonds is 4. The third kappa shape index (κ3) is 3.65. The summed E-state index contributed by atoms with van der Waals surface area (Å²) in [5.41, 5.74) is 9.81. The Labute approximate surface area is 201 Å². The summed E-state index contributed by atoms with van der Waals surface area (Å²) in [5, 5.41) is 10.4. The van der Waals surface area contributed by atoms with Crippen molar-refractivity contribution in [2.45, 2.75) is 5.92 Å². The molecular formula is C26H24N6O3. The van der Waals surface area contributed by atoms with Crippen LogP contribution in [0, 0.1) is 11.3 Å². The number of nitrogens with two attached hydrogens (primary N) is 1. The molecule has 2 aromatic heterocycles. The average Bonchev–Trinajstić information content (AvgIpc) is 3.37. The van der Waals surface area contributed by atoms with Crippen molar-refractivity contribution in [1.82, 2.24) is 9.55 Å². The standard InChI is InChI=1S/C26H24N6O3/c1-30(2)17-9-5-15(6-10-17)13-20-25(33)34-23-19(14-27)21(16-7-11-18(12-8-16)31(3)4)22-24(32(20)23)35-26(28)29-22/h5-13,21H,1-4H3,(H2,28,29)/b20-13+/t21-/m1/s1. The zero-order chi connectivity index (χ0) is 24.9. The minimum atomic E-state index is -0.593. The Bertz CT molecular complexity index is 1630. The van der Waals surface area contributed by atoms with Crippen molar-refractivity contribution in [3.63, 3.8) is 0 Å². The monoisotopic (exact) mass is 468 g/mol. The van der Waals surface area contributed by atoms with Crippen molar-refractivity contribution in [2.75, 3.05) is 43.7 Å². The van der Waals surface area contributed by atoms with Gasteiger partial charge in [0.2, 0.25) is 11.4 Å². The SMILES string of the molecule is CN(C)c1ccc(/C=c2\c(=O)oc3n2-c2oc(N)nc2[C@H](c2ccc(N(C)C)cc2)C=3C#N)cc1. The van der Waals surface area contributed by atoms with Crippen molar-refractivity contribution < 1.29 is 8.83 Å². The van der Waals surface area contributed by atoms with Gasteiger partial charge in [0, 0.05) is 39.6 Å². The fourth-order valence-electron chi connectivity index (χ4n) is 4.26. The van der Waals surface area contributed by atoms with Crippen molar-refractivity contribution in [3.8, 4) is 12.0 Å². The fraction of sp³-hybridized carbons (Fsp3) is 0.192. The van der Waals surface area contributed by atoms with Crippen molar-refractivity contribution in [1.29, 1.82) is 5.26 Å². The topological polar surface area (TPSA) is 117 Å². The van der Waals surface area contributed by atoms with Crippen molar-refractivity contribution >= 4 is 29.0 Å². The molecule has 5 rings (SSSR count). The van der Waals surface area contributed by atoms with Crippen LogP contribution in [-0.2, 0) is 0 Å². The zero-order valence-corrected chi connectivity index (χ0v) is 19.8. The van der Waals surface area contributed by atoms with Gasteiger partial charge in [0.25, 0.3) is 6.01 Å². The van der Waals surface area contributed by atoms with Crippen LogP contribution in [0.15, 0.2) is 62.2 Å². The lowest BCUT2D eigenvalue weighted by molar-refractivity contribution is 0.455. The van der Waals surface area contributed by atoms with Crippen LogP contribution in [0.2, 0.25) is 0 Å². The number of oxazole rings is 2.